The van der Waals surface area contributed by atoms with Gasteiger partial charge in [0.05, 0.1) is 31.5 Å². The van der Waals surface area contributed by atoms with Gasteiger partial charge in [-0.15, -0.1) is 0 Å². The Morgan fingerprint density at radius 2 is 2.03 bits per heavy atom. The molecular weight excluding hydrogens is 439 g/mol. The number of ether oxygens (including phenoxy) is 1. The van der Waals surface area contributed by atoms with E-state index in [0.29, 0.717) is 22.5 Å². The third-order valence-corrected chi connectivity index (χ3v) is 5.32. The number of rotatable bonds is 8. The van der Waals surface area contributed by atoms with E-state index in [-0.39, 0.29) is 24.1 Å². The summed E-state index contributed by atoms with van der Waals surface area (Å²) in [6.45, 7) is 1.78. The number of halogens is 1. The summed E-state index contributed by atoms with van der Waals surface area (Å²) >= 11 is 0. The predicted molar refractivity (Wildman–Crippen MR) is 125 cm³/mol. The lowest BCUT2D eigenvalue weighted by Gasteiger charge is -2.19. The fourth-order valence-electron chi connectivity index (χ4n) is 3.54. The Labute approximate surface area is 195 Å². The molecule has 0 aliphatic heterocycles. The van der Waals surface area contributed by atoms with E-state index < -0.39 is 17.8 Å². The van der Waals surface area contributed by atoms with E-state index >= 15 is 0 Å². The van der Waals surface area contributed by atoms with Gasteiger partial charge in [-0.2, -0.15) is 5.10 Å². The monoisotopic (exact) mass is 464 g/mol. The van der Waals surface area contributed by atoms with Crippen molar-refractivity contribution in [3.05, 3.63) is 77.6 Å². The minimum Gasteiger partial charge on any atom is -0.494 e. The fraction of sp³-hybridized carbons (Fsp3) is 0.250. The molecule has 10 heteroatoms. The quantitative estimate of drug-likeness (QED) is 0.367. The maximum atomic E-state index is 14.4. The number of nitrogens with one attached hydrogen (secondary N) is 2. The SMILES string of the molecule is COc1ccc(C(NC(=O)c2ccc3cnc(NC(C)CO)cc3n2)c2cnn(C)c2)cc1F. The predicted octanol–water partition coefficient (Wildman–Crippen LogP) is 2.82. The van der Waals surface area contributed by atoms with Crippen molar-refractivity contribution in [2.24, 2.45) is 7.05 Å². The van der Waals surface area contributed by atoms with Crippen LogP contribution in [0.25, 0.3) is 10.9 Å². The van der Waals surface area contributed by atoms with E-state index in [0.717, 1.165) is 5.39 Å². The number of benzene rings is 1. The molecule has 0 saturated carbocycles. The molecule has 1 amide bonds. The molecule has 176 valence electrons. The number of aliphatic hydroxyl groups is 1. The number of nitrogens with zero attached hydrogens (tertiary/aromatic N) is 4. The number of fused-ring (bicyclic) bond motifs is 1. The first-order chi connectivity index (χ1) is 16.4. The lowest BCUT2D eigenvalue weighted by atomic mass is 10.0. The number of hydrogen-bond acceptors (Lipinski definition) is 7. The highest BCUT2D eigenvalue weighted by molar-refractivity contribution is 5.95. The van der Waals surface area contributed by atoms with Crippen molar-refractivity contribution in [3.8, 4) is 5.75 Å². The summed E-state index contributed by atoms with van der Waals surface area (Å²) in [6.07, 6.45) is 5.02. The molecule has 3 heterocycles. The Morgan fingerprint density at radius 3 is 2.71 bits per heavy atom. The highest BCUT2D eigenvalue weighted by atomic mass is 19.1. The first-order valence-electron chi connectivity index (χ1n) is 10.6. The molecule has 0 saturated heterocycles. The van der Waals surface area contributed by atoms with Crippen LogP contribution in [0, 0.1) is 5.82 Å². The van der Waals surface area contributed by atoms with Gasteiger partial charge in [-0.25, -0.2) is 14.4 Å². The lowest BCUT2D eigenvalue weighted by molar-refractivity contribution is 0.0938. The van der Waals surface area contributed by atoms with Gasteiger partial charge in [0.15, 0.2) is 11.6 Å². The molecule has 2 unspecified atom stereocenters. The van der Waals surface area contributed by atoms with E-state index in [1.165, 1.54) is 19.2 Å². The molecule has 1 aromatic carbocycles. The molecule has 0 spiro atoms. The van der Waals surface area contributed by atoms with E-state index in [1.54, 1.807) is 54.6 Å². The Hall–Kier alpha value is -4.05. The molecule has 3 aromatic heterocycles. The molecule has 2 atom stereocenters. The van der Waals surface area contributed by atoms with Crippen LogP contribution >= 0.6 is 0 Å². The topological polar surface area (TPSA) is 114 Å². The minimum absolute atomic E-state index is 0.0444. The summed E-state index contributed by atoms with van der Waals surface area (Å²) in [5.74, 6) is -0.301. The van der Waals surface area contributed by atoms with Gasteiger partial charge in [0.25, 0.3) is 5.91 Å². The van der Waals surface area contributed by atoms with Crippen molar-refractivity contribution in [2.75, 3.05) is 19.0 Å². The van der Waals surface area contributed by atoms with Gasteiger partial charge in [0, 0.05) is 42.5 Å². The number of aliphatic hydroxyl groups excluding tert-OH is 1. The summed E-state index contributed by atoms with van der Waals surface area (Å²) in [7, 11) is 3.16. The zero-order valence-corrected chi connectivity index (χ0v) is 19.0. The molecule has 0 aliphatic rings. The van der Waals surface area contributed by atoms with E-state index in [1.807, 2.05) is 6.92 Å². The van der Waals surface area contributed by atoms with Gasteiger partial charge >= 0.3 is 0 Å². The molecule has 0 radical (unpaired) electrons. The normalized spacial score (nSPS) is 12.9. The van der Waals surface area contributed by atoms with E-state index in [2.05, 4.69) is 25.7 Å². The Balaban J connectivity index is 1.65. The third-order valence-electron chi connectivity index (χ3n) is 5.32. The van der Waals surface area contributed by atoms with Gasteiger partial charge in [0.2, 0.25) is 0 Å². The van der Waals surface area contributed by atoms with Gasteiger partial charge in [-0.3, -0.25) is 9.48 Å². The van der Waals surface area contributed by atoms with Gasteiger partial charge < -0.3 is 20.5 Å². The number of carbonyl (C=O) groups is 1. The molecule has 3 N–H and O–H groups in total. The standard InChI is InChI=1S/C24H25FN6O3/c1-14(13-32)28-22-9-20-16(10-26-22)4-6-19(29-20)24(33)30-23(17-11-27-31(2)12-17)15-5-7-21(34-3)18(25)8-15/h4-12,14,23,32H,13H2,1-3H3,(H,26,28)(H,30,33). The average molecular weight is 465 g/mol. The number of methoxy groups -OCH3 is 1. The summed E-state index contributed by atoms with van der Waals surface area (Å²) in [5, 5.41) is 20.2. The van der Waals surface area contributed by atoms with Crippen LogP contribution in [-0.4, -0.2) is 50.5 Å². The van der Waals surface area contributed by atoms with E-state index in [9.17, 15) is 14.3 Å². The molecular formula is C24H25FN6O3. The number of hydrogen-bond donors (Lipinski definition) is 3. The zero-order valence-electron chi connectivity index (χ0n) is 19.0. The van der Waals surface area contributed by atoms with Crippen LogP contribution in [0.3, 0.4) is 0 Å². The minimum atomic E-state index is -0.654. The molecule has 34 heavy (non-hydrogen) atoms. The number of amides is 1. The average Bonchev–Trinajstić information content (AvgIpc) is 3.27. The molecule has 4 aromatic rings. The van der Waals surface area contributed by atoms with Crippen molar-refractivity contribution >= 4 is 22.6 Å². The summed E-state index contributed by atoms with van der Waals surface area (Å²) in [4.78, 5) is 22.0. The van der Waals surface area contributed by atoms with Crippen LogP contribution < -0.4 is 15.4 Å². The largest absolute Gasteiger partial charge is 0.494 e. The smallest absolute Gasteiger partial charge is 0.270 e. The first-order valence-corrected chi connectivity index (χ1v) is 10.6. The zero-order chi connectivity index (χ0) is 24.2. The van der Waals surface area contributed by atoms with Gasteiger partial charge in [-0.05, 0) is 36.8 Å². The van der Waals surface area contributed by atoms with Crippen molar-refractivity contribution in [3.63, 3.8) is 0 Å². The van der Waals surface area contributed by atoms with Crippen LogP contribution in [0.15, 0.2) is 55.0 Å². The maximum Gasteiger partial charge on any atom is 0.270 e. The Bertz CT molecular complexity index is 1330. The highest BCUT2D eigenvalue weighted by Gasteiger charge is 2.22. The second-order valence-electron chi connectivity index (χ2n) is 7.93. The van der Waals surface area contributed by atoms with Gasteiger partial charge in [0.1, 0.15) is 11.5 Å². The molecule has 0 aliphatic carbocycles. The second kappa shape index (κ2) is 9.84. The highest BCUT2D eigenvalue weighted by Crippen LogP contribution is 2.27. The number of aromatic nitrogens is 4. The van der Waals surface area contributed by atoms with E-state index in [4.69, 9.17) is 4.74 Å². The Morgan fingerprint density at radius 1 is 1.21 bits per heavy atom. The third kappa shape index (κ3) is 4.96. The molecule has 0 fully saturated rings. The maximum absolute atomic E-state index is 14.4. The molecule has 0 bridgehead atoms. The number of pyridine rings is 2. The summed E-state index contributed by atoms with van der Waals surface area (Å²) in [6, 6.07) is 8.79. The van der Waals surface area contributed by atoms with Gasteiger partial charge in [-0.1, -0.05) is 6.07 Å². The van der Waals surface area contributed by atoms with Crippen LogP contribution in [0.2, 0.25) is 0 Å². The van der Waals surface area contributed by atoms with Crippen LogP contribution in [0.4, 0.5) is 10.2 Å². The van der Waals surface area contributed by atoms with Crippen LogP contribution in [0.1, 0.15) is 34.6 Å². The molecule has 4 rings (SSSR count). The lowest BCUT2D eigenvalue weighted by Crippen LogP contribution is -2.30. The first kappa shape index (κ1) is 23.1. The van der Waals surface area contributed by atoms with Crippen molar-refractivity contribution in [1.82, 2.24) is 25.1 Å². The van der Waals surface area contributed by atoms with Crippen molar-refractivity contribution in [2.45, 2.75) is 19.0 Å². The second-order valence-corrected chi connectivity index (χ2v) is 7.93. The van der Waals surface area contributed by atoms with Crippen LogP contribution in [-0.2, 0) is 7.05 Å². The number of carbonyl (C=O) groups excluding carboxylic acids is 1. The summed E-state index contributed by atoms with van der Waals surface area (Å²) < 4.78 is 21.0. The Kier molecular flexibility index (Phi) is 6.69. The number of anilines is 1. The molecule has 9 nitrogen and oxygen atoms in total. The number of aryl methyl sites for hydroxylation is 1. The van der Waals surface area contributed by atoms with Crippen molar-refractivity contribution < 1.29 is 19.0 Å². The summed E-state index contributed by atoms with van der Waals surface area (Å²) in [5.41, 5.74) is 2.00. The van der Waals surface area contributed by atoms with Crippen molar-refractivity contribution in [1.29, 1.82) is 0 Å². The fourth-order valence-corrected chi connectivity index (χ4v) is 3.54. The van der Waals surface area contributed by atoms with Crippen LogP contribution in [0.5, 0.6) is 5.75 Å².